The molecule has 0 aliphatic heterocycles. The van der Waals surface area contributed by atoms with Gasteiger partial charge in [-0.25, -0.2) is 0 Å². The molecular weight excluding hydrogens is 246 g/mol. The van der Waals surface area contributed by atoms with Crippen LogP contribution in [0.4, 0.5) is 0 Å². The minimum Gasteiger partial charge on any atom is -0.495 e. The van der Waals surface area contributed by atoms with Gasteiger partial charge in [-0.15, -0.1) is 0 Å². The van der Waals surface area contributed by atoms with E-state index in [-0.39, 0.29) is 6.04 Å². The van der Waals surface area contributed by atoms with Crippen molar-refractivity contribution in [2.75, 3.05) is 7.11 Å². The Balaban J connectivity index is 2.55. The number of halogens is 1. The van der Waals surface area contributed by atoms with Gasteiger partial charge in [0.05, 0.1) is 12.1 Å². The van der Waals surface area contributed by atoms with Gasteiger partial charge in [-0.3, -0.25) is 0 Å². The second kappa shape index (κ2) is 5.42. The molecule has 0 radical (unpaired) electrons. The molecule has 0 spiro atoms. The molecule has 0 bridgehead atoms. The Hall–Kier alpha value is -1.51. The summed E-state index contributed by atoms with van der Waals surface area (Å²) in [5, 5.41) is 0.611. The number of methoxy groups -OCH3 is 1. The maximum absolute atomic E-state index is 6.04. The van der Waals surface area contributed by atoms with Crippen molar-refractivity contribution in [1.29, 1.82) is 0 Å². The van der Waals surface area contributed by atoms with Gasteiger partial charge in [0, 0.05) is 6.04 Å². The lowest BCUT2D eigenvalue weighted by molar-refractivity contribution is 0.415. The van der Waals surface area contributed by atoms with Crippen molar-refractivity contribution in [2.24, 2.45) is 5.73 Å². The summed E-state index contributed by atoms with van der Waals surface area (Å²) >= 11 is 6.04. The molecule has 3 heteroatoms. The maximum atomic E-state index is 6.04. The molecule has 2 N–H and O–H groups in total. The molecule has 0 saturated carbocycles. The number of rotatable bonds is 3. The van der Waals surface area contributed by atoms with Gasteiger partial charge in [-0.05, 0) is 35.7 Å². The molecule has 0 amide bonds. The van der Waals surface area contributed by atoms with Crippen LogP contribution in [-0.4, -0.2) is 7.11 Å². The van der Waals surface area contributed by atoms with Crippen LogP contribution >= 0.6 is 11.6 Å². The largest absolute Gasteiger partial charge is 0.495 e. The topological polar surface area (TPSA) is 35.2 Å². The van der Waals surface area contributed by atoms with Crippen LogP contribution in [0.15, 0.2) is 42.5 Å². The second-order valence-electron chi connectivity index (χ2n) is 4.23. The van der Waals surface area contributed by atoms with Crippen LogP contribution in [0.5, 0.6) is 5.75 Å². The van der Waals surface area contributed by atoms with Gasteiger partial charge in [0.2, 0.25) is 0 Å². The first-order valence-corrected chi connectivity index (χ1v) is 6.19. The van der Waals surface area contributed by atoms with Gasteiger partial charge in [0.1, 0.15) is 5.75 Å². The Bertz CT molecular complexity index is 552. The molecule has 2 aromatic rings. The average Bonchev–Trinajstić information content (AvgIpc) is 2.39. The highest BCUT2D eigenvalue weighted by Crippen LogP contribution is 2.33. The van der Waals surface area contributed by atoms with Crippen LogP contribution in [-0.2, 0) is 0 Å². The van der Waals surface area contributed by atoms with Crippen LogP contribution < -0.4 is 10.5 Å². The minimum atomic E-state index is -0.0112. The summed E-state index contributed by atoms with van der Waals surface area (Å²) in [4.78, 5) is 0. The molecule has 0 fully saturated rings. The van der Waals surface area contributed by atoms with Gasteiger partial charge in [0.25, 0.3) is 0 Å². The third-order valence-corrected chi connectivity index (χ3v) is 3.23. The maximum Gasteiger partial charge on any atom is 0.138 e. The molecule has 1 unspecified atom stereocenters. The van der Waals surface area contributed by atoms with Gasteiger partial charge >= 0.3 is 0 Å². The normalized spacial score (nSPS) is 12.2. The standard InChI is InChI=1S/C15H16ClNO/c1-10(17)12-5-3-4-6-13(12)11-7-8-14(16)15(9-11)18-2/h3-10H,17H2,1-2H3. The predicted molar refractivity (Wildman–Crippen MR) is 76.0 cm³/mol. The second-order valence-corrected chi connectivity index (χ2v) is 4.63. The van der Waals surface area contributed by atoms with Gasteiger partial charge in [0.15, 0.2) is 0 Å². The summed E-state index contributed by atoms with van der Waals surface area (Å²) in [6, 6.07) is 13.8. The minimum absolute atomic E-state index is 0.0112. The van der Waals surface area contributed by atoms with Crippen molar-refractivity contribution in [3.8, 4) is 16.9 Å². The Morgan fingerprint density at radius 2 is 1.89 bits per heavy atom. The zero-order chi connectivity index (χ0) is 13.1. The lowest BCUT2D eigenvalue weighted by Gasteiger charge is -2.14. The molecule has 2 aromatic carbocycles. The van der Waals surface area contributed by atoms with Crippen LogP contribution in [0.1, 0.15) is 18.5 Å². The lowest BCUT2D eigenvalue weighted by Crippen LogP contribution is -2.06. The van der Waals surface area contributed by atoms with E-state index in [9.17, 15) is 0 Å². The fourth-order valence-electron chi connectivity index (χ4n) is 1.98. The molecule has 94 valence electrons. The summed E-state index contributed by atoms with van der Waals surface area (Å²) in [5.74, 6) is 0.675. The van der Waals surface area contributed by atoms with Crippen LogP contribution in [0.25, 0.3) is 11.1 Å². The molecule has 2 nitrogen and oxygen atoms in total. The molecule has 1 atom stereocenters. The Morgan fingerprint density at radius 3 is 2.56 bits per heavy atom. The number of hydrogen-bond acceptors (Lipinski definition) is 2. The highest BCUT2D eigenvalue weighted by atomic mass is 35.5. The SMILES string of the molecule is COc1cc(-c2ccccc2C(C)N)ccc1Cl. The van der Waals surface area contributed by atoms with E-state index >= 15 is 0 Å². The summed E-state index contributed by atoms with van der Waals surface area (Å²) in [5.41, 5.74) is 9.28. The zero-order valence-corrected chi connectivity index (χ0v) is 11.2. The van der Waals surface area contributed by atoms with Crippen LogP contribution in [0.3, 0.4) is 0 Å². The summed E-state index contributed by atoms with van der Waals surface area (Å²) in [7, 11) is 1.61. The van der Waals surface area contributed by atoms with Gasteiger partial charge in [-0.2, -0.15) is 0 Å². The van der Waals surface area contributed by atoms with Crippen molar-refractivity contribution in [3.63, 3.8) is 0 Å². The third-order valence-electron chi connectivity index (χ3n) is 2.91. The van der Waals surface area contributed by atoms with E-state index in [1.165, 1.54) is 0 Å². The van der Waals surface area contributed by atoms with E-state index in [0.29, 0.717) is 10.8 Å². The van der Waals surface area contributed by atoms with Crippen LogP contribution in [0.2, 0.25) is 5.02 Å². The fraction of sp³-hybridized carbons (Fsp3) is 0.200. The van der Waals surface area contributed by atoms with E-state index in [0.717, 1.165) is 16.7 Å². The number of benzene rings is 2. The molecular formula is C15H16ClNO. The predicted octanol–water partition coefficient (Wildman–Crippen LogP) is 4.04. The van der Waals surface area contributed by atoms with E-state index in [4.69, 9.17) is 22.1 Å². The molecule has 0 aliphatic carbocycles. The molecule has 0 heterocycles. The van der Waals surface area contributed by atoms with Crippen molar-refractivity contribution >= 4 is 11.6 Å². The number of ether oxygens (including phenoxy) is 1. The third kappa shape index (κ3) is 2.50. The summed E-state index contributed by atoms with van der Waals surface area (Å²) < 4.78 is 5.24. The Morgan fingerprint density at radius 1 is 1.17 bits per heavy atom. The monoisotopic (exact) mass is 261 g/mol. The number of hydrogen-bond donors (Lipinski definition) is 1. The average molecular weight is 262 g/mol. The van der Waals surface area contributed by atoms with Crippen LogP contribution in [0, 0.1) is 0 Å². The van der Waals surface area contributed by atoms with E-state index in [1.807, 2.05) is 43.3 Å². The van der Waals surface area contributed by atoms with Gasteiger partial charge < -0.3 is 10.5 Å². The molecule has 0 saturated heterocycles. The first kappa shape index (κ1) is 12.9. The van der Waals surface area contributed by atoms with E-state index in [2.05, 4.69) is 6.07 Å². The Labute approximate surface area is 112 Å². The van der Waals surface area contributed by atoms with Gasteiger partial charge in [-0.1, -0.05) is 41.9 Å². The van der Waals surface area contributed by atoms with E-state index in [1.54, 1.807) is 7.11 Å². The first-order valence-electron chi connectivity index (χ1n) is 5.82. The fourth-order valence-corrected chi connectivity index (χ4v) is 2.18. The van der Waals surface area contributed by atoms with Crippen molar-refractivity contribution in [3.05, 3.63) is 53.1 Å². The highest BCUT2D eigenvalue weighted by Gasteiger charge is 2.10. The molecule has 2 rings (SSSR count). The highest BCUT2D eigenvalue weighted by molar-refractivity contribution is 6.32. The summed E-state index contributed by atoms with van der Waals surface area (Å²) in [6.07, 6.45) is 0. The van der Waals surface area contributed by atoms with Crippen molar-refractivity contribution in [1.82, 2.24) is 0 Å². The zero-order valence-electron chi connectivity index (χ0n) is 10.5. The molecule has 0 aliphatic rings. The van der Waals surface area contributed by atoms with E-state index < -0.39 is 0 Å². The summed E-state index contributed by atoms with van der Waals surface area (Å²) in [6.45, 7) is 1.98. The first-order chi connectivity index (χ1) is 8.63. The Kier molecular flexibility index (Phi) is 3.90. The molecule has 18 heavy (non-hydrogen) atoms. The molecule has 0 aromatic heterocycles. The quantitative estimate of drug-likeness (QED) is 0.905. The number of nitrogens with two attached hydrogens (primary N) is 1. The smallest absolute Gasteiger partial charge is 0.138 e. The van der Waals surface area contributed by atoms with Crippen molar-refractivity contribution in [2.45, 2.75) is 13.0 Å². The lowest BCUT2D eigenvalue weighted by atomic mass is 9.96. The van der Waals surface area contributed by atoms with Crippen molar-refractivity contribution < 1.29 is 4.74 Å².